The van der Waals surface area contributed by atoms with Gasteiger partial charge >= 0.3 is 0 Å². The van der Waals surface area contributed by atoms with Crippen molar-refractivity contribution in [2.45, 2.75) is 26.4 Å². The van der Waals surface area contributed by atoms with Crippen molar-refractivity contribution in [1.82, 2.24) is 24.7 Å². The van der Waals surface area contributed by atoms with Gasteiger partial charge in [-0.2, -0.15) is 4.98 Å². The molecule has 25 heavy (non-hydrogen) atoms. The van der Waals surface area contributed by atoms with Gasteiger partial charge in [0.25, 0.3) is 0 Å². The van der Waals surface area contributed by atoms with Crippen molar-refractivity contribution in [3.05, 3.63) is 34.7 Å². The van der Waals surface area contributed by atoms with Crippen LogP contribution in [-0.2, 0) is 13.7 Å². The third-order valence-electron chi connectivity index (χ3n) is 4.33. The molecular weight excluding hydrogens is 340 g/mol. The van der Waals surface area contributed by atoms with E-state index in [1.807, 2.05) is 20.0 Å². The number of aryl methyl sites for hydroxylation is 2. The van der Waals surface area contributed by atoms with E-state index in [1.54, 1.807) is 16.8 Å². The summed E-state index contributed by atoms with van der Waals surface area (Å²) < 4.78 is 7.63. The van der Waals surface area contributed by atoms with E-state index in [2.05, 4.69) is 25.0 Å². The van der Waals surface area contributed by atoms with Gasteiger partial charge in [-0.25, -0.2) is 14.6 Å². The second-order valence-electron chi connectivity index (χ2n) is 6.18. The lowest BCUT2D eigenvalue weighted by molar-refractivity contribution is 0.276. The number of benzene rings is 1. The second-order valence-corrected chi connectivity index (χ2v) is 6.62. The van der Waals surface area contributed by atoms with Gasteiger partial charge in [-0.05, 0) is 38.0 Å². The molecule has 3 heterocycles. The zero-order valence-corrected chi connectivity index (χ0v) is 15.0. The van der Waals surface area contributed by atoms with Crippen molar-refractivity contribution in [2.75, 3.05) is 18.0 Å². The van der Waals surface area contributed by atoms with Gasteiger partial charge in [-0.3, -0.25) is 0 Å². The topological polar surface area (TPSA) is 69.0 Å². The lowest BCUT2D eigenvalue weighted by Crippen LogP contribution is -2.19. The molecule has 0 spiro atoms. The molecule has 0 unspecified atom stereocenters. The Morgan fingerprint density at radius 1 is 1.12 bits per heavy atom. The standard InChI is InChI=1S/C17H19ClN6O/c1-11-16(20-13-6-5-12(18)9-14(13)19-11)25-10-15-21-17(22-23(15)2)24-7-3-4-8-24/h5-6,9H,3-4,7-8,10H2,1-2H3. The van der Waals surface area contributed by atoms with Crippen LogP contribution in [0.15, 0.2) is 18.2 Å². The highest BCUT2D eigenvalue weighted by Crippen LogP contribution is 2.22. The van der Waals surface area contributed by atoms with Gasteiger partial charge in [0.2, 0.25) is 11.8 Å². The Morgan fingerprint density at radius 2 is 1.92 bits per heavy atom. The number of hydrogen-bond donors (Lipinski definition) is 0. The number of nitrogens with zero attached hydrogens (tertiary/aromatic N) is 6. The molecule has 1 aliphatic rings. The first-order valence-electron chi connectivity index (χ1n) is 8.32. The van der Waals surface area contributed by atoms with E-state index in [4.69, 9.17) is 16.3 Å². The minimum atomic E-state index is 0.298. The van der Waals surface area contributed by atoms with Gasteiger partial charge in [0.15, 0.2) is 5.82 Å². The summed E-state index contributed by atoms with van der Waals surface area (Å²) in [6, 6.07) is 5.43. The Bertz CT molecular complexity index is 919. The number of aromatic nitrogens is 5. The SMILES string of the molecule is Cc1nc2cc(Cl)ccc2nc1OCc1nc(N2CCCC2)nn1C. The van der Waals surface area contributed by atoms with Crippen molar-refractivity contribution in [3.8, 4) is 5.88 Å². The molecule has 0 amide bonds. The van der Waals surface area contributed by atoms with Crippen molar-refractivity contribution in [1.29, 1.82) is 0 Å². The van der Waals surface area contributed by atoms with Gasteiger partial charge in [0.1, 0.15) is 12.3 Å². The molecule has 4 rings (SSSR count). The monoisotopic (exact) mass is 358 g/mol. The molecule has 7 nitrogen and oxygen atoms in total. The molecule has 0 aliphatic carbocycles. The smallest absolute Gasteiger partial charge is 0.245 e. The minimum Gasteiger partial charge on any atom is -0.468 e. The largest absolute Gasteiger partial charge is 0.468 e. The second kappa shape index (κ2) is 6.48. The van der Waals surface area contributed by atoms with Crippen LogP contribution in [0.4, 0.5) is 5.95 Å². The summed E-state index contributed by atoms with van der Waals surface area (Å²) in [5.74, 6) is 2.04. The molecule has 1 aromatic carbocycles. The first kappa shape index (κ1) is 16.1. The zero-order chi connectivity index (χ0) is 17.4. The number of fused-ring (bicyclic) bond motifs is 1. The molecule has 0 radical (unpaired) electrons. The van der Waals surface area contributed by atoms with E-state index < -0.39 is 0 Å². The van der Waals surface area contributed by atoms with Gasteiger partial charge in [0.05, 0.1) is 11.0 Å². The van der Waals surface area contributed by atoms with Crippen LogP contribution < -0.4 is 9.64 Å². The van der Waals surface area contributed by atoms with Crippen LogP contribution in [0.25, 0.3) is 11.0 Å². The molecule has 0 saturated carbocycles. The van der Waals surface area contributed by atoms with E-state index in [1.165, 1.54) is 12.8 Å². The third kappa shape index (κ3) is 3.24. The molecular formula is C17H19ClN6O. The van der Waals surface area contributed by atoms with Crippen LogP contribution in [0.2, 0.25) is 5.02 Å². The highest BCUT2D eigenvalue weighted by molar-refractivity contribution is 6.31. The summed E-state index contributed by atoms with van der Waals surface area (Å²) in [4.78, 5) is 15.9. The van der Waals surface area contributed by atoms with Crippen molar-refractivity contribution in [3.63, 3.8) is 0 Å². The maximum Gasteiger partial charge on any atom is 0.245 e. The highest BCUT2D eigenvalue weighted by Gasteiger charge is 2.18. The summed E-state index contributed by atoms with van der Waals surface area (Å²) in [5.41, 5.74) is 2.23. The number of rotatable bonds is 4. The van der Waals surface area contributed by atoms with Gasteiger partial charge in [0, 0.05) is 25.2 Å². The van der Waals surface area contributed by atoms with Crippen LogP contribution in [-0.4, -0.2) is 37.8 Å². The van der Waals surface area contributed by atoms with Gasteiger partial charge in [-0.1, -0.05) is 11.6 Å². The molecule has 1 fully saturated rings. The lowest BCUT2D eigenvalue weighted by Gasteiger charge is -2.10. The number of ether oxygens (including phenoxy) is 1. The summed E-state index contributed by atoms with van der Waals surface area (Å²) in [6.07, 6.45) is 2.39. The van der Waals surface area contributed by atoms with E-state index in [9.17, 15) is 0 Å². The predicted octanol–water partition coefficient (Wildman–Crippen LogP) is 2.90. The molecule has 0 N–H and O–H groups in total. The number of hydrogen-bond acceptors (Lipinski definition) is 6. The van der Waals surface area contributed by atoms with E-state index >= 15 is 0 Å². The van der Waals surface area contributed by atoms with E-state index in [0.717, 1.165) is 41.6 Å². The number of anilines is 1. The summed E-state index contributed by atoms with van der Waals surface area (Å²) >= 11 is 6.00. The Labute approximate surface area is 150 Å². The van der Waals surface area contributed by atoms with Crippen LogP contribution in [0, 0.1) is 6.92 Å². The Kier molecular flexibility index (Phi) is 4.17. The molecule has 130 valence electrons. The van der Waals surface area contributed by atoms with E-state index in [-0.39, 0.29) is 0 Å². The lowest BCUT2D eigenvalue weighted by atomic mass is 10.3. The Morgan fingerprint density at radius 3 is 2.72 bits per heavy atom. The molecule has 3 aromatic rings. The Balaban J connectivity index is 1.54. The molecule has 0 bridgehead atoms. The van der Waals surface area contributed by atoms with Gasteiger partial charge < -0.3 is 9.64 Å². The fourth-order valence-corrected chi connectivity index (χ4v) is 3.11. The van der Waals surface area contributed by atoms with Crippen LogP contribution >= 0.6 is 11.6 Å². The first-order valence-corrected chi connectivity index (χ1v) is 8.69. The average molecular weight is 359 g/mol. The highest BCUT2D eigenvalue weighted by atomic mass is 35.5. The van der Waals surface area contributed by atoms with Crippen molar-refractivity contribution in [2.24, 2.45) is 7.05 Å². The maximum absolute atomic E-state index is 6.00. The zero-order valence-electron chi connectivity index (χ0n) is 14.2. The number of halogens is 1. The fraction of sp³-hybridized carbons (Fsp3) is 0.412. The van der Waals surface area contributed by atoms with Crippen molar-refractivity contribution < 1.29 is 4.74 Å². The Hall–Kier alpha value is -2.41. The molecule has 2 aromatic heterocycles. The minimum absolute atomic E-state index is 0.298. The van der Waals surface area contributed by atoms with Gasteiger partial charge in [-0.15, -0.1) is 5.10 Å². The summed E-state index contributed by atoms with van der Waals surface area (Å²) in [5, 5.41) is 5.13. The van der Waals surface area contributed by atoms with Crippen LogP contribution in [0.1, 0.15) is 24.4 Å². The molecule has 1 aliphatic heterocycles. The molecule has 0 atom stereocenters. The molecule has 8 heteroatoms. The van der Waals surface area contributed by atoms with E-state index in [0.29, 0.717) is 17.5 Å². The summed E-state index contributed by atoms with van der Waals surface area (Å²) in [7, 11) is 1.88. The normalized spacial score (nSPS) is 14.4. The van der Waals surface area contributed by atoms with Crippen molar-refractivity contribution >= 4 is 28.6 Å². The fourth-order valence-electron chi connectivity index (χ4n) is 2.95. The average Bonchev–Trinajstić information content (AvgIpc) is 3.22. The summed E-state index contributed by atoms with van der Waals surface area (Å²) in [6.45, 7) is 4.20. The first-order chi connectivity index (χ1) is 12.1. The maximum atomic E-state index is 6.00. The van der Waals surface area contributed by atoms with Crippen LogP contribution in [0.3, 0.4) is 0 Å². The molecule has 1 saturated heterocycles. The predicted molar refractivity (Wildman–Crippen MR) is 96.1 cm³/mol. The quantitative estimate of drug-likeness (QED) is 0.714. The van der Waals surface area contributed by atoms with Crippen LogP contribution in [0.5, 0.6) is 5.88 Å². The third-order valence-corrected chi connectivity index (χ3v) is 4.56.